The largest absolute Gasteiger partial charge is 0.309 e. The van der Waals surface area contributed by atoms with E-state index in [2.05, 4.69) is 153 Å². The summed E-state index contributed by atoms with van der Waals surface area (Å²) in [6.45, 7) is 0. The lowest BCUT2D eigenvalue weighted by molar-refractivity contribution is 1.16. The second kappa shape index (κ2) is 11.8. The van der Waals surface area contributed by atoms with Gasteiger partial charge in [-0.25, -0.2) is 0 Å². The number of nitriles is 2. The fraction of sp³-hybridized carbons (Fsp3) is 0. The highest BCUT2D eigenvalue weighted by molar-refractivity contribution is 6.17. The van der Waals surface area contributed by atoms with Crippen molar-refractivity contribution in [1.82, 2.24) is 13.7 Å². The molecule has 0 unspecified atom stereocenters. The number of rotatable bonds is 4. The van der Waals surface area contributed by atoms with Crippen LogP contribution < -0.4 is 0 Å². The van der Waals surface area contributed by atoms with Gasteiger partial charge < -0.3 is 13.7 Å². The van der Waals surface area contributed by atoms with Crippen LogP contribution in [0.4, 0.5) is 0 Å². The van der Waals surface area contributed by atoms with E-state index in [1.54, 1.807) is 0 Å². The Morgan fingerprint density at radius 2 is 0.909 bits per heavy atom. The first-order valence-corrected chi connectivity index (χ1v) is 18.3. The van der Waals surface area contributed by atoms with Gasteiger partial charge in [-0.05, 0) is 72.3 Å². The molecule has 0 aliphatic carbocycles. The lowest BCUT2D eigenvalue weighted by atomic mass is 10.00. The number of para-hydroxylation sites is 6. The Bertz CT molecular complexity index is 3420. The van der Waals surface area contributed by atoms with E-state index in [0.717, 1.165) is 82.8 Å². The molecule has 11 rings (SSSR count). The maximum Gasteiger partial charge on any atom is 0.101 e. The summed E-state index contributed by atoms with van der Waals surface area (Å²) in [4.78, 5) is 0. The summed E-state index contributed by atoms with van der Waals surface area (Å²) < 4.78 is 6.89. The van der Waals surface area contributed by atoms with Gasteiger partial charge in [-0.3, -0.25) is 0 Å². The van der Waals surface area contributed by atoms with E-state index in [9.17, 15) is 10.5 Å². The Morgan fingerprint density at radius 3 is 1.60 bits per heavy atom. The monoisotopic (exact) mass is 699 g/mol. The summed E-state index contributed by atoms with van der Waals surface area (Å²) in [5, 5.41) is 27.6. The maximum absolute atomic E-state index is 10.5. The van der Waals surface area contributed by atoms with Gasteiger partial charge in [0.15, 0.2) is 0 Å². The lowest BCUT2D eigenvalue weighted by Crippen LogP contribution is -2.00. The van der Waals surface area contributed by atoms with Crippen LogP contribution in [0.25, 0.3) is 93.6 Å². The van der Waals surface area contributed by atoms with Crippen molar-refractivity contribution in [3.05, 3.63) is 187 Å². The highest BCUT2D eigenvalue weighted by Gasteiger charge is 2.22. The number of benzene rings is 8. The van der Waals surface area contributed by atoms with Crippen molar-refractivity contribution in [2.24, 2.45) is 0 Å². The third kappa shape index (κ3) is 4.39. The molecule has 0 aliphatic heterocycles. The predicted octanol–water partition coefficient (Wildman–Crippen LogP) is 12.4. The summed E-state index contributed by atoms with van der Waals surface area (Å²) >= 11 is 0. The first-order valence-electron chi connectivity index (χ1n) is 18.3. The van der Waals surface area contributed by atoms with Gasteiger partial charge in [-0.1, -0.05) is 109 Å². The van der Waals surface area contributed by atoms with Gasteiger partial charge in [0.25, 0.3) is 0 Å². The van der Waals surface area contributed by atoms with Crippen molar-refractivity contribution < 1.29 is 0 Å². The van der Waals surface area contributed by atoms with Crippen molar-refractivity contribution in [2.75, 3.05) is 0 Å². The molecule has 0 amide bonds. The molecule has 5 nitrogen and oxygen atoms in total. The number of fused-ring (bicyclic) bond motifs is 9. The van der Waals surface area contributed by atoms with E-state index < -0.39 is 0 Å². The molecule has 0 atom stereocenters. The highest BCUT2D eigenvalue weighted by Crippen LogP contribution is 2.42. The van der Waals surface area contributed by atoms with Crippen LogP contribution in [0.5, 0.6) is 0 Å². The van der Waals surface area contributed by atoms with Crippen molar-refractivity contribution in [2.45, 2.75) is 0 Å². The minimum atomic E-state index is 0.562. The van der Waals surface area contributed by atoms with Gasteiger partial charge in [-0.2, -0.15) is 10.5 Å². The molecule has 0 bridgehead atoms. The molecule has 5 heteroatoms. The molecule has 55 heavy (non-hydrogen) atoms. The summed E-state index contributed by atoms with van der Waals surface area (Å²) in [5.74, 6) is 0. The fourth-order valence-electron chi connectivity index (χ4n) is 8.88. The number of aromatic nitrogens is 3. The van der Waals surface area contributed by atoms with Gasteiger partial charge >= 0.3 is 0 Å². The summed E-state index contributed by atoms with van der Waals surface area (Å²) in [6.07, 6.45) is 0. The number of hydrogen-bond acceptors (Lipinski definition) is 2. The molecular formula is C50H29N5. The Labute approximate surface area is 316 Å². The zero-order valence-corrected chi connectivity index (χ0v) is 29.5. The molecule has 0 spiro atoms. The van der Waals surface area contributed by atoms with Crippen LogP contribution >= 0.6 is 0 Å². The average molecular weight is 700 g/mol. The molecule has 8 aromatic carbocycles. The smallest absolute Gasteiger partial charge is 0.101 e. The Morgan fingerprint density at radius 1 is 0.382 bits per heavy atom. The minimum Gasteiger partial charge on any atom is -0.309 e. The van der Waals surface area contributed by atoms with Crippen molar-refractivity contribution in [3.63, 3.8) is 0 Å². The molecule has 3 heterocycles. The Hall–Kier alpha value is -7.86. The number of nitrogens with zero attached hydrogens (tertiary/aromatic N) is 5. The van der Waals surface area contributed by atoms with Gasteiger partial charge in [0.2, 0.25) is 0 Å². The first-order chi connectivity index (χ1) is 27.2. The standard InChI is InChI=1S/C50H29N5/c51-30-32-27-34(36-14-1-6-20-42(36)55-45-23-9-4-17-39(45)40-19-11-13-33(31-52)50(40)55)29-35(28-32)53-46-24-10-5-18-41(46)49-47(53)25-12-26-48(49)54-43-21-7-2-15-37(43)38-16-3-8-22-44(38)54/h1-29H. The van der Waals surface area contributed by atoms with Gasteiger partial charge in [0.1, 0.15) is 6.07 Å². The SMILES string of the molecule is N#Cc1cc(-c2ccccc2-n2c3ccccc3c3cccc(C#N)c32)cc(-n2c3ccccc3c3c(-n4c5ccccc5c5ccccc54)cccc32)c1. The third-order valence-corrected chi connectivity index (χ3v) is 11.1. The normalized spacial score (nSPS) is 11.6. The first kappa shape index (κ1) is 30.7. The van der Waals surface area contributed by atoms with Crippen LogP contribution in [-0.2, 0) is 0 Å². The number of hydrogen-bond donors (Lipinski definition) is 0. The summed E-state index contributed by atoms with van der Waals surface area (Å²) in [5.41, 5.74) is 12.3. The van der Waals surface area contributed by atoms with Crippen molar-refractivity contribution >= 4 is 65.4 Å². The van der Waals surface area contributed by atoms with E-state index in [1.165, 1.54) is 10.8 Å². The molecule has 0 aliphatic rings. The topological polar surface area (TPSA) is 62.4 Å². The molecule has 0 saturated heterocycles. The van der Waals surface area contributed by atoms with Gasteiger partial charge in [0.05, 0.1) is 61.7 Å². The summed E-state index contributed by atoms with van der Waals surface area (Å²) in [6, 6.07) is 65.9. The summed E-state index contributed by atoms with van der Waals surface area (Å²) in [7, 11) is 0. The Kier molecular flexibility index (Phi) is 6.61. The van der Waals surface area contributed by atoms with E-state index in [1.807, 2.05) is 48.5 Å². The van der Waals surface area contributed by atoms with Gasteiger partial charge in [-0.15, -0.1) is 0 Å². The van der Waals surface area contributed by atoms with E-state index in [4.69, 9.17) is 0 Å². The van der Waals surface area contributed by atoms with Crippen LogP contribution in [0.1, 0.15) is 11.1 Å². The average Bonchev–Trinajstić information content (AvgIpc) is 3.89. The lowest BCUT2D eigenvalue weighted by Gasteiger charge is -2.16. The maximum atomic E-state index is 10.5. The quantitative estimate of drug-likeness (QED) is 0.184. The molecule has 0 saturated carbocycles. The Balaban J connectivity index is 1.19. The molecule has 0 N–H and O–H groups in total. The molecule has 11 aromatic rings. The molecule has 0 fully saturated rings. The zero-order valence-electron chi connectivity index (χ0n) is 29.5. The molecular weight excluding hydrogens is 671 g/mol. The van der Waals surface area contributed by atoms with Crippen LogP contribution in [-0.4, -0.2) is 13.7 Å². The van der Waals surface area contributed by atoms with Crippen LogP contribution in [0.3, 0.4) is 0 Å². The fourth-order valence-corrected chi connectivity index (χ4v) is 8.88. The highest BCUT2D eigenvalue weighted by atomic mass is 15.0. The second-order valence-corrected chi connectivity index (χ2v) is 14.0. The van der Waals surface area contributed by atoms with E-state index >= 15 is 0 Å². The van der Waals surface area contributed by atoms with E-state index in [-0.39, 0.29) is 0 Å². The second-order valence-electron chi connectivity index (χ2n) is 14.0. The van der Waals surface area contributed by atoms with Crippen molar-refractivity contribution in [3.8, 4) is 40.3 Å². The molecule has 0 radical (unpaired) electrons. The van der Waals surface area contributed by atoms with Crippen LogP contribution in [0.15, 0.2) is 176 Å². The minimum absolute atomic E-state index is 0.562. The molecule has 254 valence electrons. The van der Waals surface area contributed by atoms with Crippen LogP contribution in [0.2, 0.25) is 0 Å². The van der Waals surface area contributed by atoms with Crippen LogP contribution in [0, 0.1) is 22.7 Å². The third-order valence-electron chi connectivity index (χ3n) is 11.1. The predicted molar refractivity (Wildman–Crippen MR) is 224 cm³/mol. The van der Waals surface area contributed by atoms with E-state index in [0.29, 0.717) is 11.1 Å². The van der Waals surface area contributed by atoms with Crippen molar-refractivity contribution in [1.29, 1.82) is 10.5 Å². The zero-order chi connectivity index (χ0) is 36.6. The van der Waals surface area contributed by atoms with Gasteiger partial charge in [0, 0.05) is 43.6 Å². The molecule has 3 aromatic heterocycles.